The fourth-order valence-electron chi connectivity index (χ4n) is 5.05. The lowest BCUT2D eigenvalue weighted by molar-refractivity contribution is -0.185. The van der Waals surface area contributed by atoms with E-state index in [0.29, 0.717) is 11.1 Å². The summed E-state index contributed by atoms with van der Waals surface area (Å²) in [5.74, 6) is -2.66. The Morgan fingerprint density at radius 1 is 1.37 bits per heavy atom. The van der Waals surface area contributed by atoms with Crippen LogP contribution >= 0.6 is 0 Å². The van der Waals surface area contributed by atoms with Crippen molar-refractivity contribution in [1.29, 1.82) is 0 Å². The molecule has 8 unspecified atom stereocenters. The van der Waals surface area contributed by atoms with E-state index >= 15 is 0 Å². The highest BCUT2D eigenvalue weighted by atomic mass is 16.7. The Kier molecular flexibility index (Phi) is 3.77. The van der Waals surface area contributed by atoms with Gasteiger partial charge in [-0.25, -0.2) is 9.59 Å². The predicted molar refractivity (Wildman–Crippen MR) is 93.3 cm³/mol. The number of esters is 2. The number of carbonyl (C=O) groups excluding carboxylic acids is 2. The molecular weight excluding hydrogens is 352 g/mol. The van der Waals surface area contributed by atoms with Crippen molar-refractivity contribution >= 4 is 11.9 Å². The van der Waals surface area contributed by atoms with Gasteiger partial charge in [-0.2, -0.15) is 0 Å². The van der Waals surface area contributed by atoms with E-state index in [2.05, 4.69) is 13.2 Å². The summed E-state index contributed by atoms with van der Waals surface area (Å²) >= 11 is 0. The van der Waals surface area contributed by atoms with Crippen LogP contribution < -0.4 is 0 Å². The number of hydrogen-bond acceptors (Lipinski definition) is 7. The van der Waals surface area contributed by atoms with Crippen molar-refractivity contribution in [2.45, 2.75) is 62.8 Å². The number of hydrogen-bond donors (Lipinski definition) is 2. The van der Waals surface area contributed by atoms with Crippen LogP contribution in [0.2, 0.25) is 0 Å². The Bertz CT molecular complexity index is 798. The van der Waals surface area contributed by atoms with Crippen LogP contribution in [0.4, 0.5) is 0 Å². The van der Waals surface area contributed by atoms with Gasteiger partial charge >= 0.3 is 11.9 Å². The molecule has 0 bridgehead atoms. The van der Waals surface area contributed by atoms with Gasteiger partial charge in [0.2, 0.25) is 0 Å². The van der Waals surface area contributed by atoms with Crippen LogP contribution in [0.25, 0.3) is 0 Å². The average Bonchev–Trinajstić information content (AvgIpc) is 3.20. The summed E-state index contributed by atoms with van der Waals surface area (Å²) in [6, 6.07) is 0. The fourth-order valence-corrected chi connectivity index (χ4v) is 5.05. The molecule has 4 fully saturated rings. The molecule has 0 spiro atoms. The van der Waals surface area contributed by atoms with Gasteiger partial charge in [-0.05, 0) is 20.8 Å². The van der Waals surface area contributed by atoms with Crippen LogP contribution in [0, 0.1) is 11.8 Å². The topological polar surface area (TPSA) is 106 Å². The van der Waals surface area contributed by atoms with Gasteiger partial charge in [-0.15, -0.1) is 0 Å². The standard InChI is InChI=1S/C20H24O7/c1-6-8(2)17(22)25-11-7-9(3)13-14(21)16-19(5,27-16)20(13,24)15-12(11)10(4)18(23)26-15/h6,11-16,21,24H,3-4,7H2,1-2,5H3/b8-6+. The molecule has 0 aromatic rings. The maximum absolute atomic E-state index is 12.4. The van der Waals surface area contributed by atoms with Crippen molar-refractivity contribution in [2.24, 2.45) is 11.8 Å². The van der Waals surface area contributed by atoms with E-state index in [1.807, 2.05) is 0 Å². The molecule has 2 heterocycles. The zero-order chi connectivity index (χ0) is 19.9. The highest BCUT2D eigenvalue weighted by Crippen LogP contribution is 2.65. The summed E-state index contributed by atoms with van der Waals surface area (Å²) in [5.41, 5.74) is -1.64. The van der Waals surface area contributed by atoms with Crippen molar-refractivity contribution < 1.29 is 34.0 Å². The second-order valence-corrected chi connectivity index (χ2v) is 8.09. The van der Waals surface area contributed by atoms with Gasteiger partial charge in [-0.3, -0.25) is 0 Å². The molecule has 2 aliphatic carbocycles. The van der Waals surface area contributed by atoms with Crippen LogP contribution in [0.3, 0.4) is 0 Å². The third kappa shape index (κ3) is 2.13. The Balaban J connectivity index is 1.78. The summed E-state index contributed by atoms with van der Waals surface area (Å²) in [4.78, 5) is 24.6. The SMILES string of the molecule is C=C1C(=O)OC2C1C(OC(=O)/C(C)=C/C)CC(=C)C1C(O)C3OC3(C)C21O. The van der Waals surface area contributed by atoms with Crippen LogP contribution in [0.15, 0.2) is 36.0 Å². The minimum absolute atomic E-state index is 0.139. The normalized spacial score (nSPS) is 48.3. The van der Waals surface area contributed by atoms with Gasteiger partial charge in [0.25, 0.3) is 0 Å². The maximum atomic E-state index is 12.4. The molecule has 7 nitrogen and oxygen atoms in total. The lowest BCUT2D eigenvalue weighted by Gasteiger charge is -2.40. The molecule has 4 aliphatic rings. The number of rotatable bonds is 2. The minimum atomic E-state index is -1.68. The maximum Gasteiger partial charge on any atom is 0.334 e. The zero-order valence-corrected chi connectivity index (χ0v) is 15.6. The van der Waals surface area contributed by atoms with E-state index in [4.69, 9.17) is 14.2 Å². The molecule has 8 atom stereocenters. The minimum Gasteiger partial charge on any atom is -0.458 e. The number of fused-ring (bicyclic) bond motifs is 5. The predicted octanol–water partition coefficient (Wildman–Crippen LogP) is 0.801. The van der Waals surface area contributed by atoms with Crippen LogP contribution in [-0.4, -0.2) is 57.8 Å². The largest absolute Gasteiger partial charge is 0.458 e. The van der Waals surface area contributed by atoms with E-state index < -0.39 is 59.4 Å². The van der Waals surface area contributed by atoms with Gasteiger partial charge in [0.05, 0.1) is 12.0 Å². The molecule has 27 heavy (non-hydrogen) atoms. The molecular formula is C20H24O7. The summed E-state index contributed by atoms with van der Waals surface area (Å²) < 4.78 is 16.8. The molecule has 7 heteroatoms. The molecule has 0 aromatic carbocycles. The van der Waals surface area contributed by atoms with E-state index in [-0.39, 0.29) is 12.0 Å². The van der Waals surface area contributed by atoms with Crippen LogP contribution in [-0.2, 0) is 23.8 Å². The third-order valence-electron chi connectivity index (χ3n) is 6.75. The highest BCUT2D eigenvalue weighted by molar-refractivity contribution is 5.92. The average molecular weight is 376 g/mol. The number of allylic oxidation sites excluding steroid dienone is 1. The second kappa shape index (κ2) is 5.53. The van der Waals surface area contributed by atoms with Crippen molar-refractivity contribution in [1.82, 2.24) is 0 Å². The van der Waals surface area contributed by atoms with E-state index in [1.54, 1.807) is 26.8 Å². The van der Waals surface area contributed by atoms with Gasteiger partial charge in [0.15, 0.2) is 0 Å². The molecule has 2 aliphatic heterocycles. The van der Waals surface area contributed by atoms with E-state index in [1.165, 1.54) is 0 Å². The molecule has 2 saturated carbocycles. The van der Waals surface area contributed by atoms with Gasteiger partial charge in [-0.1, -0.05) is 24.8 Å². The molecule has 2 N–H and O–H groups in total. The summed E-state index contributed by atoms with van der Waals surface area (Å²) in [7, 11) is 0. The van der Waals surface area contributed by atoms with Crippen LogP contribution in [0.1, 0.15) is 27.2 Å². The van der Waals surface area contributed by atoms with Gasteiger partial charge in [0.1, 0.15) is 29.5 Å². The Morgan fingerprint density at radius 2 is 2.04 bits per heavy atom. The van der Waals surface area contributed by atoms with E-state index in [0.717, 1.165) is 0 Å². The Hall–Kier alpha value is -1.96. The smallest absolute Gasteiger partial charge is 0.334 e. The summed E-state index contributed by atoms with van der Waals surface area (Å²) in [5, 5.41) is 22.4. The van der Waals surface area contributed by atoms with Gasteiger partial charge < -0.3 is 24.4 Å². The van der Waals surface area contributed by atoms with Crippen LogP contribution in [0.5, 0.6) is 0 Å². The van der Waals surface area contributed by atoms with Crippen molar-refractivity contribution in [3.63, 3.8) is 0 Å². The highest BCUT2D eigenvalue weighted by Gasteiger charge is 2.83. The number of ether oxygens (including phenoxy) is 3. The fraction of sp³-hybridized carbons (Fsp3) is 0.600. The monoisotopic (exact) mass is 376 g/mol. The first-order valence-corrected chi connectivity index (χ1v) is 9.07. The number of epoxide rings is 1. The quantitative estimate of drug-likeness (QED) is 0.318. The van der Waals surface area contributed by atoms with Crippen molar-refractivity contribution in [2.75, 3.05) is 0 Å². The first-order chi connectivity index (χ1) is 12.6. The van der Waals surface area contributed by atoms with E-state index in [9.17, 15) is 19.8 Å². The molecule has 0 aromatic heterocycles. The number of aliphatic hydroxyl groups is 2. The number of carbonyl (C=O) groups is 2. The van der Waals surface area contributed by atoms with Crippen molar-refractivity contribution in [3.05, 3.63) is 36.0 Å². The third-order valence-corrected chi connectivity index (χ3v) is 6.75. The lowest BCUT2D eigenvalue weighted by Crippen LogP contribution is -2.59. The molecule has 4 rings (SSSR count). The Labute approximate surface area is 157 Å². The second-order valence-electron chi connectivity index (χ2n) is 8.09. The molecule has 0 radical (unpaired) electrons. The summed E-state index contributed by atoms with van der Waals surface area (Å²) in [6.45, 7) is 12.9. The number of aliphatic hydroxyl groups excluding tert-OH is 1. The lowest BCUT2D eigenvalue weighted by atomic mass is 9.73. The first kappa shape index (κ1) is 18.4. The first-order valence-electron chi connectivity index (χ1n) is 9.07. The zero-order valence-electron chi connectivity index (χ0n) is 15.6. The van der Waals surface area contributed by atoms with Gasteiger partial charge in [0, 0.05) is 23.5 Å². The van der Waals surface area contributed by atoms with Crippen molar-refractivity contribution in [3.8, 4) is 0 Å². The molecule has 0 amide bonds. The summed E-state index contributed by atoms with van der Waals surface area (Å²) in [6.07, 6.45) is -1.54. The Morgan fingerprint density at radius 3 is 2.67 bits per heavy atom. The molecule has 146 valence electrons. The molecule has 2 saturated heterocycles.